The number of hydrogen-bond donors (Lipinski definition) is 1. The van der Waals surface area contributed by atoms with Crippen LogP contribution in [0.4, 0.5) is 0 Å². The number of rotatable bonds is 5. The molecular weight excluding hydrogens is 362 g/mol. The Morgan fingerprint density at radius 1 is 1.14 bits per heavy atom. The fourth-order valence-corrected chi connectivity index (χ4v) is 3.95. The van der Waals surface area contributed by atoms with E-state index in [9.17, 15) is 4.79 Å². The van der Waals surface area contributed by atoms with E-state index in [2.05, 4.69) is 75.5 Å². The monoisotopic (exact) mass is 389 g/mol. The van der Waals surface area contributed by atoms with E-state index in [0.29, 0.717) is 5.69 Å². The average molecular weight is 390 g/mol. The zero-order valence-corrected chi connectivity index (χ0v) is 17.0. The van der Waals surface area contributed by atoms with Gasteiger partial charge in [0, 0.05) is 38.9 Å². The van der Waals surface area contributed by atoms with E-state index >= 15 is 0 Å². The van der Waals surface area contributed by atoms with Crippen molar-refractivity contribution in [1.82, 2.24) is 25.1 Å². The Kier molecular flexibility index (Phi) is 5.83. The predicted octanol–water partition coefficient (Wildman–Crippen LogP) is 2.66. The van der Waals surface area contributed by atoms with Gasteiger partial charge in [-0.2, -0.15) is 0 Å². The molecule has 4 rings (SSSR count). The lowest BCUT2D eigenvalue weighted by Crippen LogP contribution is -2.48. The molecule has 0 unspecified atom stereocenters. The molecule has 1 aliphatic heterocycles. The highest BCUT2D eigenvalue weighted by Gasteiger charge is 2.23. The maximum Gasteiger partial charge on any atom is 0.270 e. The Bertz CT molecular complexity index is 983. The van der Waals surface area contributed by atoms with Crippen molar-refractivity contribution in [3.8, 4) is 0 Å². The number of likely N-dealkylation sites (N-methyl/N-ethyl adjacent to an activating group) is 1. The number of carbonyl (C=O) groups excluding carboxylic acids is 1. The fraction of sp³-hybridized carbons (Fsp3) is 0.348. The molecule has 6 heteroatoms. The van der Waals surface area contributed by atoms with Crippen LogP contribution in [0.5, 0.6) is 0 Å². The highest BCUT2D eigenvalue weighted by atomic mass is 16.1. The topological polar surface area (TPSA) is 61.4 Å². The van der Waals surface area contributed by atoms with Crippen LogP contribution in [0.3, 0.4) is 0 Å². The molecule has 1 N–H and O–H groups in total. The summed E-state index contributed by atoms with van der Waals surface area (Å²) in [7, 11) is 2.15. The second kappa shape index (κ2) is 8.68. The quantitative estimate of drug-likeness (QED) is 0.727. The molecule has 0 saturated carbocycles. The minimum atomic E-state index is -0.169. The molecule has 2 aromatic carbocycles. The average Bonchev–Trinajstić information content (AvgIpc) is 2.74. The summed E-state index contributed by atoms with van der Waals surface area (Å²) in [6.07, 6.45) is 3.01. The van der Waals surface area contributed by atoms with E-state index in [1.54, 1.807) is 12.3 Å². The van der Waals surface area contributed by atoms with Crippen molar-refractivity contribution in [3.63, 3.8) is 0 Å². The Morgan fingerprint density at radius 2 is 1.93 bits per heavy atom. The molecule has 0 bridgehead atoms. The van der Waals surface area contributed by atoms with Crippen molar-refractivity contribution in [2.45, 2.75) is 13.0 Å². The molecule has 29 heavy (non-hydrogen) atoms. The molecule has 0 aliphatic carbocycles. The Hall–Kier alpha value is -2.83. The highest BCUT2D eigenvalue weighted by molar-refractivity contribution is 5.93. The van der Waals surface area contributed by atoms with E-state index in [-0.39, 0.29) is 11.9 Å². The summed E-state index contributed by atoms with van der Waals surface area (Å²) in [6, 6.07) is 14.3. The van der Waals surface area contributed by atoms with E-state index in [1.165, 1.54) is 22.7 Å². The molecule has 1 amide bonds. The van der Waals surface area contributed by atoms with E-state index in [1.807, 2.05) is 0 Å². The maximum atomic E-state index is 12.9. The normalized spacial score (nSPS) is 16.6. The maximum absolute atomic E-state index is 12.9. The van der Waals surface area contributed by atoms with E-state index in [4.69, 9.17) is 0 Å². The number of benzene rings is 2. The minimum absolute atomic E-state index is 0.120. The summed E-state index contributed by atoms with van der Waals surface area (Å²) in [4.78, 5) is 25.7. The molecule has 0 spiro atoms. The van der Waals surface area contributed by atoms with Gasteiger partial charge in [-0.1, -0.05) is 42.0 Å². The third kappa shape index (κ3) is 4.60. The number of carbonyl (C=O) groups is 1. The van der Waals surface area contributed by atoms with Crippen LogP contribution in [0.25, 0.3) is 10.8 Å². The van der Waals surface area contributed by atoms with Crippen molar-refractivity contribution in [2.75, 3.05) is 39.8 Å². The summed E-state index contributed by atoms with van der Waals surface area (Å²) in [5, 5.41) is 5.62. The van der Waals surface area contributed by atoms with Crippen molar-refractivity contribution in [1.29, 1.82) is 0 Å². The smallest absolute Gasteiger partial charge is 0.270 e. The molecule has 0 radical (unpaired) electrons. The van der Waals surface area contributed by atoms with Crippen LogP contribution in [-0.4, -0.2) is 65.4 Å². The van der Waals surface area contributed by atoms with Crippen molar-refractivity contribution < 1.29 is 4.79 Å². The number of hydrogen-bond acceptors (Lipinski definition) is 5. The van der Waals surface area contributed by atoms with E-state index in [0.717, 1.165) is 38.3 Å². The fourth-order valence-electron chi connectivity index (χ4n) is 3.95. The molecule has 1 aliphatic rings. The van der Waals surface area contributed by atoms with Gasteiger partial charge >= 0.3 is 0 Å². The van der Waals surface area contributed by atoms with E-state index < -0.39 is 0 Å². The van der Waals surface area contributed by atoms with Crippen LogP contribution in [0.1, 0.15) is 27.7 Å². The lowest BCUT2D eigenvalue weighted by molar-refractivity contribution is 0.0902. The van der Waals surface area contributed by atoms with Gasteiger partial charge in [0.05, 0.1) is 6.04 Å². The first-order valence-electron chi connectivity index (χ1n) is 10.1. The summed E-state index contributed by atoms with van der Waals surface area (Å²) in [6.45, 7) is 6.97. The number of aryl methyl sites for hydroxylation is 1. The third-order valence-corrected chi connectivity index (χ3v) is 5.57. The van der Waals surface area contributed by atoms with Gasteiger partial charge < -0.3 is 10.2 Å². The Labute approximate surface area is 171 Å². The van der Waals surface area contributed by atoms with Gasteiger partial charge in [-0.25, -0.2) is 9.97 Å². The summed E-state index contributed by atoms with van der Waals surface area (Å²) >= 11 is 0. The van der Waals surface area contributed by atoms with Gasteiger partial charge in [0.1, 0.15) is 12.0 Å². The second-order valence-corrected chi connectivity index (χ2v) is 7.80. The predicted molar refractivity (Wildman–Crippen MR) is 115 cm³/mol. The first-order chi connectivity index (χ1) is 14.1. The van der Waals surface area contributed by atoms with Crippen molar-refractivity contribution >= 4 is 16.7 Å². The van der Waals surface area contributed by atoms with Gasteiger partial charge in [0.15, 0.2) is 0 Å². The standard InChI is InChI=1S/C23H27N5O/c1-17-13-18-5-3-4-6-19(18)20(14-17)22(15-28-11-9-27(2)10-12-28)26-23(29)21-7-8-24-16-25-21/h3-8,13-14,16,22H,9-12,15H2,1-2H3,(H,26,29)/t22-/m0/s1. The molecule has 2 heterocycles. The number of piperazine rings is 1. The highest BCUT2D eigenvalue weighted by Crippen LogP contribution is 2.27. The summed E-state index contributed by atoms with van der Waals surface area (Å²) in [5.74, 6) is -0.169. The number of fused-ring (bicyclic) bond motifs is 1. The van der Waals surface area contributed by atoms with Crippen LogP contribution >= 0.6 is 0 Å². The Balaban J connectivity index is 1.67. The Morgan fingerprint density at radius 3 is 2.69 bits per heavy atom. The molecular formula is C23H27N5O. The molecule has 150 valence electrons. The summed E-state index contributed by atoms with van der Waals surface area (Å²) < 4.78 is 0. The lowest BCUT2D eigenvalue weighted by atomic mass is 9.95. The lowest BCUT2D eigenvalue weighted by Gasteiger charge is -2.35. The van der Waals surface area contributed by atoms with Crippen LogP contribution in [-0.2, 0) is 0 Å². The van der Waals surface area contributed by atoms with Gasteiger partial charge in [0.25, 0.3) is 5.91 Å². The number of amides is 1. The molecule has 3 aromatic rings. The minimum Gasteiger partial charge on any atom is -0.343 e. The van der Waals surface area contributed by atoms with Gasteiger partial charge in [-0.05, 0) is 36.4 Å². The van der Waals surface area contributed by atoms with Gasteiger partial charge in [0.2, 0.25) is 0 Å². The summed E-state index contributed by atoms with van der Waals surface area (Å²) in [5.41, 5.74) is 2.74. The largest absolute Gasteiger partial charge is 0.343 e. The van der Waals surface area contributed by atoms with Crippen LogP contribution in [0.2, 0.25) is 0 Å². The number of nitrogens with one attached hydrogen (secondary N) is 1. The molecule has 1 fully saturated rings. The number of nitrogens with zero attached hydrogens (tertiary/aromatic N) is 4. The number of aromatic nitrogens is 2. The molecule has 6 nitrogen and oxygen atoms in total. The molecule has 1 saturated heterocycles. The van der Waals surface area contributed by atoms with Crippen molar-refractivity contribution in [2.24, 2.45) is 0 Å². The van der Waals surface area contributed by atoms with Crippen molar-refractivity contribution in [3.05, 3.63) is 71.8 Å². The van der Waals surface area contributed by atoms with Crippen LogP contribution < -0.4 is 5.32 Å². The van der Waals surface area contributed by atoms with Crippen LogP contribution in [0, 0.1) is 6.92 Å². The zero-order chi connectivity index (χ0) is 20.2. The molecule has 1 aromatic heterocycles. The van der Waals surface area contributed by atoms with Crippen LogP contribution in [0.15, 0.2) is 55.0 Å². The SMILES string of the molecule is Cc1cc([C@H](CN2CCN(C)CC2)NC(=O)c2ccncn2)c2ccccc2c1. The van der Waals surface area contributed by atoms with Gasteiger partial charge in [-0.3, -0.25) is 9.69 Å². The first kappa shape index (κ1) is 19.5. The zero-order valence-electron chi connectivity index (χ0n) is 17.0. The first-order valence-corrected chi connectivity index (χ1v) is 10.1. The van der Waals surface area contributed by atoms with Gasteiger partial charge in [-0.15, -0.1) is 0 Å². The third-order valence-electron chi connectivity index (χ3n) is 5.57. The second-order valence-electron chi connectivity index (χ2n) is 7.80. The molecule has 1 atom stereocenters.